The van der Waals surface area contributed by atoms with E-state index in [1.54, 1.807) is 4.90 Å². The van der Waals surface area contributed by atoms with E-state index in [1.807, 2.05) is 75.4 Å². The Kier molecular flexibility index (Phi) is 7.21. The van der Waals surface area contributed by atoms with Crippen LogP contribution in [0.5, 0.6) is 0 Å². The number of nitrogens with zero attached hydrogens (tertiary/aromatic N) is 1. The van der Waals surface area contributed by atoms with Crippen LogP contribution in [0, 0.1) is 5.92 Å². The molecule has 0 atom stereocenters. The molecule has 0 fully saturated rings. The van der Waals surface area contributed by atoms with Crippen LogP contribution in [0.4, 0.5) is 17.1 Å². The second-order valence-electron chi connectivity index (χ2n) is 6.55. The molecule has 2 aromatic carbocycles. The molecule has 0 aliphatic carbocycles. The molecular weight excluding hydrogens is 326 g/mol. The molecular formula is C21H27N3O2. The fourth-order valence-electron chi connectivity index (χ4n) is 2.64. The number of carbonyl (C=O) groups is 2. The van der Waals surface area contributed by atoms with Gasteiger partial charge in [0.2, 0.25) is 11.8 Å². The fourth-order valence-corrected chi connectivity index (χ4v) is 2.64. The van der Waals surface area contributed by atoms with Crippen LogP contribution in [0.1, 0.15) is 27.2 Å². The Morgan fingerprint density at radius 1 is 0.962 bits per heavy atom. The smallest absolute Gasteiger partial charge is 0.246 e. The van der Waals surface area contributed by atoms with E-state index in [0.717, 1.165) is 17.1 Å². The average Bonchev–Trinajstić information content (AvgIpc) is 2.62. The molecule has 0 radical (unpaired) electrons. The highest BCUT2D eigenvalue weighted by Gasteiger charge is 2.13. The minimum Gasteiger partial charge on any atom is -0.376 e. The van der Waals surface area contributed by atoms with Crippen LogP contribution >= 0.6 is 0 Å². The van der Waals surface area contributed by atoms with Gasteiger partial charge in [0, 0.05) is 30.0 Å². The van der Waals surface area contributed by atoms with Crippen LogP contribution in [0.15, 0.2) is 54.6 Å². The predicted molar refractivity (Wildman–Crippen MR) is 107 cm³/mol. The Morgan fingerprint density at radius 2 is 1.58 bits per heavy atom. The van der Waals surface area contributed by atoms with Crippen LogP contribution in [0.2, 0.25) is 0 Å². The third-order valence-corrected chi connectivity index (χ3v) is 3.89. The lowest BCUT2D eigenvalue weighted by atomic mass is 10.1. The molecule has 0 bridgehead atoms. The van der Waals surface area contributed by atoms with Crippen molar-refractivity contribution in [3.63, 3.8) is 0 Å². The molecule has 5 heteroatoms. The zero-order chi connectivity index (χ0) is 18.9. The highest BCUT2D eigenvalue weighted by molar-refractivity contribution is 5.96. The van der Waals surface area contributed by atoms with E-state index in [2.05, 4.69) is 10.6 Å². The number of likely N-dealkylation sites (N-methyl/N-ethyl adjacent to an activating group) is 1. The van der Waals surface area contributed by atoms with Crippen LogP contribution in [0.25, 0.3) is 0 Å². The van der Waals surface area contributed by atoms with Gasteiger partial charge < -0.3 is 15.5 Å². The highest BCUT2D eigenvalue weighted by atomic mass is 16.2. The van der Waals surface area contributed by atoms with Gasteiger partial charge in [-0.3, -0.25) is 9.59 Å². The summed E-state index contributed by atoms with van der Waals surface area (Å²) in [5.41, 5.74) is 2.49. The molecule has 138 valence electrons. The largest absolute Gasteiger partial charge is 0.376 e. The van der Waals surface area contributed by atoms with E-state index in [-0.39, 0.29) is 18.4 Å². The lowest BCUT2D eigenvalue weighted by molar-refractivity contribution is -0.117. The maximum absolute atomic E-state index is 12.5. The normalized spacial score (nSPS) is 10.5. The molecule has 0 aromatic heterocycles. The van der Waals surface area contributed by atoms with Gasteiger partial charge in [0.15, 0.2) is 0 Å². The van der Waals surface area contributed by atoms with Crippen LogP contribution in [-0.2, 0) is 9.59 Å². The van der Waals surface area contributed by atoms with E-state index in [1.165, 1.54) is 0 Å². The third kappa shape index (κ3) is 5.92. The van der Waals surface area contributed by atoms with Gasteiger partial charge >= 0.3 is 0 Å². The summed E-state index contributed by atoms with van der Waals surface area (Å²) < 4.78 is 0. The Hall–Kier alpha value is -2.82. The van der Waals surface area contributed by atoms with Crippen molar-refractivity contribution in [3.05, 3.63) is 54.6 Å². The third-order valence-electron chi connectivity index (χ3n) is 3.89. The Morgan fingerprint density at radius 3 is 2.15 bits per heavy atom. The summed E-state index contributed by atoms with van der Waals surface area (Å²) >= 11 is 0. The summed E-state index contributed by atoms with van der Waals surface area (Å²) in [6.07, 6.45) is 0.501. The molecule has 0 heterocycles. The van der Waals surface area contributed by atoms with Gasteiger partial charge in [-0.05, 0) is 49.2 Å². The van der Waals surface area contributed by atoms with E-state index in [4.69, 9.17) is 0 Å². The minimum absolute atomic E-state index is 0.00742. The number of hydrogen-bond donors (Lipinski definition) is 2. The lowest BCUT2D eigenvalue weighted by Gasteiger charge is -2.21. The zero-order valence-electron chi connectivity index (χ0n) is 15.7. The SMILES string of the molecule is CCN(C(=O)CNc1ccc(NC(=O)CC(C)C)cc1)c1ccccc1. The van der Waals surface area contributed by atoms with E-state index >= 15 is 0 Å². The molecule has 0 unspecified atom stereocenters. The van der Waals surface area contributed by atoms with Gasteiger partial charge in [-0.1, -0.05) is 32.0 Å². The van der Waals surface area contributed by atoms with Gasteiger partial charge in [-0.2, -0.15) is 0 Å². The summed E-state index contributed by atoms with van der Waals surface area (Å²) in [6, 6.07) is 17.0. The molecule has 0 aliphatic heterocycles. The monoisotopic (exact) mass is 353 g/mol. The van der Waals surface area contributed by atoms with Crippen LogP contribution < -0.4 is 15.5 Å². The Bertz CT molecular complexity index is 712. The summed E-state index contributed by atoms with van der Waals surface area (Å²) in [4.78, 5) is 26.0. The van der Waals surface area contributed by atoms with Crippen molar-refractivity contribution in [2.24, 2.45) is 5.92 Å². The fraction of sp³-hybridized carbons (Fsp3) is 0.333. The van der Waals surface area contributed by atoms with E-state index in [0.29, 0.717) is 18.9 Å². The van der Waals surface area contributed by atoms with E-state index < -0.39 is 0 Å². The van der Waals surface area contributed by atoms with Crippen LogP contribution in [-0.4, -0.2) is 24.9 Å². The number of benzene rings is 2. The second kappa shape index (κ2) is 9.61. The van der Waals surface area contributed by atoms with Gasteiger partial charge in [-0.15, -0.1) is 0 Å². The van der Waals surface area contributed by atoms with Gasteiger partial charge in [-0.25, -0.2) is 0 Å². The van der Waals surface area contributed by atoms with Gasteiger partial charge in [0.25, 0.3) is 0 Å². The Balaban J connectivity index is 1.89. The molecule has 2 N–H and O–H groups in total. The Labute approximate surface area is 155 Å². The van der Waals surface area contributed by atoms with Crippen molar-refractivity contribution in [2.75, 3.05) is 28.6 Å². The van der Waals surface area contributed by atoms with Crippen molar-refractivity contribution in [1.29, 1.82) is 0 Å². The predicted octanol–water partition coefficient (Wildman–Crippen LogP) is 4.14. The summed E-state index contributed by atoms with van der Waals surface area (Å²) in [5.74, 6) is 0.346. The quantitative estimate of drug-likeness (QED) is 0.750. The molecule has 0 aliphatic rings. The first-order valence-corrected chi connectivity index (χ1v) is 8.98. The first-order chi connectivity index (χ1) is 12.5. The van der Waals surface area contributed by atoms with E-state index in [9.17, 15) is 9.59 Å². The van der Waals surface area contributed by atoms with Crippen molar-refractivity contribution >= 4 is 28.9 Å². The van der Waals surface area contributed by atoms with Gasteiger partial charge in [0.1, 0.15) is 0 Å². The molecule has 2 amide bonds. The maximum Gasteiger partial charge on any atom is 0.246 e. The number of para-hydroxylation sites is 1. The van der Waals surface area contributed by atoms with Crippen LogP contribution in [0.3, 0.4) is 0 Å². The first-order valence-electron chi connectivity index (χ1n) is 8.98. The molecule has 0 saturated heterocycles. The number of anilines is 3. The number of hydrogen-bond acceptors (Lipinski definition) is 3. The number of amides is 2. The minimum atomic E-state index is 0.00742. The second-order valence-corrected chi connectivity index (χ2v) is 6.55. The lowest BCUT2D eigenvalue weighted by Crippen LogP contribution is -2.35. The summed E-state index contributed by atoms with van der Waals surface area (Å²) in [5, 5.41) is 6.01. The number of rotatable bonds is 8. The van der Waals surface area contributed by atoms with Crippen molar-refractivity contribution in [1.82, 2.24) is 0 Å². The summed E-state index contributed by atoms with van der Waals surface area (Å²) in [7, 11) is 0. The molecule has 2 aromatic rings. The van der Waals surface area contributed by atoms with Crippen molar-refractivity contribution < 1.29 is 9.59 Å². The van der Waals surface area contributed by atoms with Crippen molar-refractivity contribution in [3.8, 4) is 0 Å². The molecule has 0 spiro atoms. The number of carbonyl (C=O) groups excluding carboxylic acids is 2. The average molecular weight is 353 g/mol. The molecule has 2 rings (SSSR count). The zero-order valence-corrected chi connectivity index (χ0v) is 15.7. The van der Waals surface area contributed by atoms with Gasteiger partial charge in [0.05, 0.1) is 6.54 Å². The first kappa shape index (κ1) is 19.5. The maximum atomic E-state index is 12.5. The molecule has 0 saturated carbocycles. The number of nitrogens with one attached hydrogen (secondary N) is 2. The molecule has 26 heavy (non-hydrogen) atoms. The summed E-state index contributed by atoms with van der Waals surface area (Å²) in [6.45, 7) is 6.81. The highest BCUT2D eigenvalue weighted by Crippen LogP contribution is 2.16. The topological polar surface area (TPSA) is 61.4 Å². The van der Waals surface area contributed by atoms with Crippen molar-refractivity contribution in [2.45, 2.75) is 27.2 Å². The standard InChI is InChI=1S/C21H27N3O2/c1-4-24(19-8-6-5-7-9-19)21(26)15-22-17-10-12-18(13-11-17)23-20(25)14-16(2)3/h5-13,16,22H,4,14-15H2,1-3H3,(H,23,25). The molecule has 5 nitrogen and oxygen atoms in total.